The Hall–Kier alpha value is -3.66. The number of unbranched alkanes of at least 4 members (excludes halogenated alkanes) is 3. The van der Waals surface area contributed by atoms with Gasteiger partial charge in [0.1, 0.15) is 12.4 Å². The lowest BCUT2D eigenvalue weighted by Gasteiger charge is -2.23. The highest BCUT2D eigenvalue weighted by Gasteiger charge is 2.19. The second-order valence-corrected chi connectivity index (χ2v) is 8.71. The molecule has 0 aromatic heterocycles. The number of nitro groups is 1. The Morgan fingerprint density at radius 2 is 1.81 bits per heavy atom. The van der Waals surface area contributed by atoms with Gasteiger partial charge in [-0.3, -0.25) is 10.1 Å². The molecule has 0 aliphatic carbocycles. The van der Waals surface area contributed by atoms with Gasteiger partial charge in [0, 0.05) is 36.9 Å². The fourth-order valence-electron chi connectivity index (χ4n) is 3.76. The lowest BCUT2D eigenvalue weighted by atomic mass is 10.1. The number of hydrogen-bond donors (Lipinski definition) is 2. The molecule has 0 aliphatic heterocycles. The van der Waals surface area contributed by atoms with Crippen LogP contribution in [0.5, 0.6) is 5.75 Å². The van der Waals surface area contributed by atoms with Gasteiger partial charge in [0.2, 0.25) is 0 Å². The highest BCUT2D eigenvalue weighted by Crippen LogP contribution is 2.22. The fraction of sp³-hybridized carbons (Fsp3) is 0.481. The molecule has 10 heteroatoms. The predicted molar refractivity (Wildman–Crippen MR) is 141 cm³/mol. The van der Waals surface area contributed by atoms with Crippen LogP contribution in [-0.2, 0) is 16.0 Å². The number of nitro benzene ring substituents is 1. The Morgan fingerprint density at radius 3 is 2.43 bits per heavy atom. The number of amides is 2. The third-order valence-electron chi connectivity index (χ3n) is 5.84. The van der Waals surface area contributed by atoms with Gasteiger partial charge in [0.25, 0.3) is 5.69 Å². The summed E-state index contributed by atoms with van der Waals surface area (Å²) in [6.07, 6.45) is 3.36. The van der Waals surface area contributed by atoms with Gasteiger partial charge in [0.15, 0.2) is 6.10 Å². The SMILES string of the molecule is CCCCCCN(CCOc1ccc(CC(OCC)C(=O)O)cc1)C(=O)Nc1ccc(C)c([N+](=O)[O-])c1. The normalized spacial score (nSPS) is 11.5. The number of aliphatic carboxylic acids is 1. The molecule has 0 radical (unpaired) electrons. The zero-order valence-corrected chi connectivity index (χ0v) is 21.8. The van der Waals surface area contributed by atoms with Gasteiger partial charge in [-0.15, -0.1) is 0 Å². The molecule has 2 aromatic carbocycles. The van der Waals surface area contributed by atoms with Crippen molar-refractivity contribution >= 4 is 23.4 Å². The van der Waals surface area contributed by atoms with E-state index in [9.17, 15) is 24.8 Å². The van der Waals surface area contributed by atoms with E-state index in [1.54, 1.807) is 55.1 Å². The van der Waals surface area contributed by atoms with Gasteiger partial charge in [-0.25, -0.2) is 9.59 Å². The third kappa shape index (κ3) is 10.1. The zero-order chi connectivity index (χ0) is 27.2. The van der Waals surface area contributed by atoms with Crippen LogP contribution in [0.15, 0.2) is 42.5 Å². The number of nitrogens with zero attached hydrogens (tertiary/aromatic N) is 2. The molecule has 202 valence electrons. The second kappa shape index (κ2) is 15.5. The van der Waals surface area contributed by atoms with Crippen LogP contribution in [0, 0.1) is 17.0 Å². The molecule has 0 spiro atoms. The van der Waals surface area contributed by atoms with E-state index in [-0.39, 0.29) is 24.7 Å². The highest BCUT2D eigenvalue weighted by atomic mass is 16.6. The number of carbonyl (C=O) groups is 2. The minimum atomic E-state index is -1.00. The van der Waals surface area contributed by atoms with Crippen molar-refractivity contribution in [2.24, 2.45) is 0 Å². The van der Waals surface area contributed by atoms with Crippen molar-refractivity contribution in [1.82, 2.24) is 4.90 Å². The van der Waals surface area contributed by atoms with Gasteiger partial charge in [-0.2, -0.15) is 0 Å². The quantitative estimate of drug-likeness (QED) is 0.173. The van der Waals surface area contributed by atoms with Crippen LogP contribution < -0.4 is 10.1 Å². The maximum Gasteiger partial charge on any atom is 0.333 e. The molecule has 0 heterocycles. The lowest BCUT2D eigenvalue weighted by molar-refractivity contribution is -0.385. The number of urea groups is 1. The maximum absolute atomic E-state index is 13.0. The van der Waals surface area contributed by atoms with E-state index in [1.165, 1.54) is 6.07 Å². The van der Waals surface area contributed by atoms with E-state index < -0.39 is 17.0 Å². The summed E-state index contributed by atoms with van der Waals surface area (Å²) in [4.78, 5) is 36.7. The number of rotatable bonds is 16. The summed E-state index contributed by atoms with van der Waals surface area (Å²) in [5.74, 6) is -0.396. The van der Waals surface area contributed by atoms with Crippen LogP contribution in [0.25, 0.3) is 0 Å². The smallest absolute Gasteiger partial charge is 0.333 e. The first kappa shape index (κ1) is 29.6. The van der Waals surface area contributed by atoms with E-state index in [4.69, 9.17) is 9.47 Å². The Bertz CT molecular complexity index is 1030. The predicted octanol–water partition coefficient (Wildman–Crippen LogP) is 5.43. The van der Waals surface area contributed by atoms with Crippen molar-refractivity contribution in [3.63, 3.8) is 0 Å². The first-order chi connectivity index (χ1) is 17.7. The molecule has 2 N–H and O–H groups in total. The molecular weight excluding hydrogens is 478 g/mol. The standard InChI is InChI=1S/C27H37N3O7/c1-4-6-7-8-15-29(27(33)28-22-12-9-20(3)24(19-22)30(34)35)16-17-37-23-13-10-21(11-14-23)18-25(26(31)32)36-5-2/h9-14,19,25H,4-8,15-18H2,1-3H3,(H,28,33)(H,31,32). The van der Waals surface area contributed by atoms with Crippen LogP contribution >= 0.6 is 0 Å². The summed E-state index contributed by atoms with van der Waals surface area (Å²) >= 11 is 0. The van der Waals surface area contributed by atoms with E-state index in [0.29, 0.717) is 36.7 Å². The Labute approximate surface area is 217 Å². The maximum atomic E-state index is 13.0. The first-order valence-electron chi connectivity index (χ1n) is 12.6. The molecule has 10 nitrogen and oxygen atoms in total. The molecule has 0 saturated carbocycles. The monoisotopic (exact) mass is 515 g/mol. The summed E-state index contributed by atoms with van der Waals surface area (Å²) in [5, 5.41) is 23.3. The molecule has 2 rings (SSSR count). The highest BCUT2D eigenvalue weighted by molar-refractivity contribution is 5.89. The summed E-state index contributed by atoms with van der Waals surface area (Å²) in [7, 11) is 0. The number of ether oxygens (including phenoxy) is 2. The van der Waals surface area contributed by atoms with E-state index in [0.717, 1.165) is 31.2 Å². The van der Waals surface area contributed by atoms with Crippen LogP contribution in [0.4, 0.5) is 16.2 Å². The number of anilines is 1. The average molecular weight is 516 g/mol. The van der Waals surface area contributed by atoms with Gasteiger partial charge in [0.05, 0.1) is 11.5 Å². The van der Waals surface area contributed by atoms with Crippen molar-refractivity contribution < 1.29 is 29.1 Å². The van der Waals surface area contributed by atoms with Crippen molar-refractivity contribution in [2.75, 3.05) is 31.6 Å². The molecule has 0 aliphatic rings. The molecule has 0 fully saturated rings. The topological polar surface area (TPSA) is 131 Å². The number of carbonyl (C=O) groups excluding carboxylic acids is 1. The molecule has 1 unspecified atom stereocenters. The molecular formula is C27H37N3O7. The molecule has 0 saturated heterocycles. The van der Waals surface area contributed by atoms with E-state index in [1.807, 2.05) is 0 Å². The Morgan fingerprint density at radius 1 is 1.08 bits per heavy atom. The van der Waals surface area contributed by atoms with Crippen LogP contribution in [-0.4, -0.2) is 59.3 Å². The zero-order valence-electron chi connectivity index (χ0n) is 21.8. The number of carboxylic acids is 1. The summed E-state index contributed by atoms with van der Waals surface area (Å²) < 4.78 is 11.1. The van der Waals surface area contributed by atoms with Crippen molar-refractivity contribution in [3.8, 4) is 5.75 Å². The minimum Gasteiger partial charge on any atom is -0.492 e. The van der Waals surface area contributed by atoms with Crippen molar-refractivity contribution in [1.29, 1.82) is 0 Å². The molecule has 37 heavy (non-hydrogen) atoms. The largest absolute Gasteiger partial charge is 0.492 e. The third-order valence-corrected chi connectivity index (χ3v) is 5.84. The fourth-order valence-corrected chi connectivity index (χ4v) is 3.76. The summed E-state index contributed by atoms with van der Waals surface area (Å²) in [6, 6.07) is 11.4. The van der Waals surface area contributed by atoms with Crippen LogP contribution in [0.1, 0.15) is 50.7 Å². The van der Waals surface area contributed by atoms with Gasteiger partial charge in [-0.05, 0) is 44.0 Å². The number of nitrogens with one attached hydrogen (secondary N) is 1. The van der Waals surface area contributed by atoms with Crippen molar-refractivity contribution in [2.45, 2.75) is 59.0 Å². The Kier molecular flexibility index (Phi) is 12.3. The lowest BCUT2D eigenvalue weighted by Crippen LogP contribution is -2.38. The van der Waals surface area contributed by atoms with Gasteiger partial charge in [-0.1, -0.05) is 44.4 Å². The van der Waals surface area contributed by atoms with Gasteiger partial charge < -0.3 is 24.8 Å². The molecule has 0 bridgehead atoms. The Balaban J connectivity index is 1.97. The van der Waals surface area contributed by atoms with Crippen molar-refractivity contribution in [3.05, 3.63) is 63.7 Å². The minimum absolute atomic E-state index is 0.0463. The number of carboxylic acid groups (broad SMARTS) is 1. The molecule has 2 aromatic rings. The number of aryl methyl sites for hydroxylation is 1. The van der Waals surface area contributed by atoms with Crippen LogP contribution in [0.2, 0.25) is 0 Å². The second-order valence-electron chi connectivity index (χ2n) is 8.71. The van der Waals surface area contributed by atoms with E-state index in [2.05, 4.69) is 12.2 Å². The van der Waals surface area contributed by atoms with Crippen LogP contribution in [0.3, 0.4) is 0 Å². The average Bonchev–Trinajstić information content (AvgIpc) is 2.87. The van der Waals surface area contributed by atoms with E-state index >= 15 is 0 Å². The summed E-state index contributed by atoms with van der Waals surface area (Å²) in [6.45, 7) is 6.97. The molecule has 1 atom stereocenters. The molecule has 2 amide bonds. The first-order valence-corrected chi connectivity index (χ1v) is 12.6. The number of benzene rings is 2. The van der Waals surface area contributed by atoms with Gasteiger partial charge >= 0.3 is 12.0 Å². The number of hydrogen-bond acceptors (Lipinski definition) is 6. The summed E-state index contributed by atoms with van der Waals surface area (Å²) in [5.41, 5.74) is 1.66.